The van der Waals surface area contributed by atoms with Crippen LogP contribution in [0, 0.1) is 0 Å². The largest absolute Gasteiger partial charge is 0.454 e. The summed E-state index contributed by atoms with van der Waals surface area (Å²) in [5.41, 5.74) is 2.33. The van der Waals surface area contributed by atoms with Crippen molar-refractivity contribution in [3.63, 3.8) is 0 Å². The lowest BCUT2D eigenvalue weighted by molar-refractivity contribution is 0.0458. The molecule has 182 valence electrons. The molecule has 0 aliphatic carbocycles. The molecule has 0 amide bonds. The van der Waals surface area contributed by atoms with E-state index >= 15 is 0 Å². The maximum absolute atomic E-state index is 13.1. The molecule has 0 saturated carbocycles. The number of carbonyl (C=O) groups excluding carboxylic acids is 1. The fourth-order valence-electron chi connectivity index (χ4n) is 4.31. The average Bonchev–Trinajstić information content (AvgIpc) is 3.55. The Labute approximate surface area is 202 Å². The van der Waals surface area contributed by atoms with E-state index in [-0.39, 0.29) is 11.5 Å². The van der Waals surface area contributed by atoms with Crippen LogP contribution in [0.2, 0.25) is 0 Å². The minimum absolute atomic E-state index is 0.0509. The van der Waals surface area contributed by atoms with Crippen molar-refractivity contribution in [3.05, 3.63) is 60.2 Å². The molecule has 0 bridgehead atoms. The maximum Gasteiger partial charge on any atom is 0.338 e. The summed E-state index contributed by atoms with van der Waals surface area (Å²) in [4.78, 5) is 17.5. The van der Waals surface area contributed by atoms with Gasteiger partial charge in [0, 0.05) is 19.6 Å². The lowest BCUT2D eigenvalue weighted by Gasteiger charge is -2.25. The van der Waals surface area contributed by atoms with Crippen LogP contribution in [0.4, 0.5) is 0 Å². The van der Waals surface area contributed by atoms with Crippen molar-refractivity contribution in [2.75, 3.05) is 13.1 Å². The van der Waals surface area contributed by atoms with Gasteiger partial charge >= 0.3 is 5.97 Å². The molecule has 5 rings (SSSR count). The highest BCUT2D eigenvalue weighted by Gasteiger charge is 2.26. The van der Waals surface area contributed by atoms with Crippen LogP contribution < -0.4 is 0 Å². The van der Waals surface area contributed by atoms with Gasteiger partial charge in [-0.1, -0.05) is 12.5 Å². The topological polar surface area (TPSA) is 125 Å². The first kappa shape index (κ1) is 23.1. The molecule has 1 fully saturated rings. The number of ether oxygens (including phenoxy) is 1. The third-order valence-electron chi connectivity index (χ3n) is 6.10. The number of benzene rings is 2. The zero-order valence-corrected chi connectivity index (χ0v) is 20.1. The van der Waals surface area contributed by atoms with Crippen LogP contribution >= 0.6 is 0 Å². The van der Waals surface area contributed by atoms with Crippen LogP contribution in [-0.4, -0.2) is 61.5 Å². The Kier molecular flexibility index (Phi) is 6.31. The number of tetrazole rings is 1. The number of nitrogens with zero attached hydrogens (tertiary/aromatic N) is 7. The number of hydrogen-bond acceptors (Lipinski definition) is 8. The Morgan fingerprint density at radius 3 is 2.66 bits per heavy atom. The number of sulfonamides is 1. The molecular weight excluding hydrogens is 470 g/mol. The van der Waals surface area contributed by atoms with E-state index in [1.54, 1.807) is 46.8 Å². The molecule has 12 heteroatoms. The summed E-state index contributed by atoms with van der Waals surface area (Å²) in [5, 5.41) is 11.0. The summed E-state index contributed by atoms with van der Waals surface area (Å²) >= 11 is 0. The Bertz CT molecular complexity index is 1460. The van der Waals surface area contributed by atoms with Gasteiger partial charge < -0.3 is 9.30 Å². The van der Waals surface area contributed by atoms with Crippen molar-refractivity contribution in [2.45, 2.75) is 44.2 Å². The number of fused-ring (bicyclic) bond motifs is 1. The highest BCUT2D eigenvalue weighted by atomic mass is 32.2. The number of rotatable bonds is 7. The molecule has 0 atom stereocenters. The van der Waals surface area contributed by atoms with Gasteiger partial charge in [0.05, 0.1) is 27.2 Å². The molecule has 0 spiro atoms. The van der Waals surface area contributed by atoms with Crippen molar-refractivity contribution >= 4 is 27.0 Å². The summed E-state index contributed by atoms with van der Waals surface area (Å²) in [7, 11) is -3.57. The molecule has 1 aliphatic rings. The molecule has 0 N–H and O–H groups in total. The van der Waals surface area contributed by atoms with Crippen LogP contribution in [0.5, 0.6) is 0 Å². The van der Waals surface area contributed by atoms with E-state index in [1.165, 1.54) is 11.0 Å². The molecule has 4 aromatic rings. The predicted molar refractivity (Wildman–Crippen MR) is 126 cm³/mol. The summed E-state index contributed by atoms with van der Waals surface area (Å²) in [5.74, 6) is 0.0306. The standard InChI is InChI=1S/C23H25N7O4S/c1-2-29-21-10-9-19(35(32,33)28-11-4-3-5-12-28)14-20(21)25-22(29)15-34-23(31)17-7-6-8-18(13-17)30-16-24-26-27-30/h6-10,13-14,16H,2-5,11-12,15H2,1H3. The molecule has 11 nitrogen and oxygen atoms in total. The monoisotopic (exact) mass is 495 g/mol. The Morgan fingerprint density at radius 2 is 1.91 bits per heavy atom. The van der Waals surface area contributed by atoms with Crippen LogP contribution in [0.15, 0.2) is 53.7 Å². The van der Waals surface area contributed by atoms with Crippen LogP contribution in [0.3, 0.4) is 0 Å². The second-order valence-corrected chi connectivity index (χ2v) is 10.2. The second-order valence-electron chi connectivity index (χ2n) is 8.27. The Hall–Kier alpha value is -3.64. The minimum atomic E-state index is -3.57. The first-order valence-electron chi connectivity index (χ1n) is 11.5. The third-order valence-corrected chi connectivity index (χ3v) is 7.99. The fraction of sp³-hybridized carbons (Fsp3) is 0.348. The summed E-state index contributed by atoms with van der Waals surface area (Å²) in [6.07, 6.45) is 4.24. The quantitative estimate of drug-likeness (QED) is 0.358. The van der Waals surface area contributed by atoms with Crippen molar-refractivity contribution in [1.82, 2.24) is 34.1 Å². The van der Waals surface area contributed by atoms with Crippen LogP contribution in [0.1, 0.15) is 42.4 Å². The first-order chi connectivity index (χ1) is 17.0. The summed E-state index contributed by atoms with van der Waals surface area (Å²) in [6, 6.07) is 11.8. The lowest BCUT2D eigenvalue weighted by Crippen LogP contribution is -2.35. The van der Waals surface area contributed by atoms with E-state index in [0.29, 0.717) is 42.2 Å². The van der Waals surface area contributed by atoms with Crippen LogP contribution in [-0.2, 0) is 27.9 Å². The molecule has 35 heavy (non-hydrogen) atoms. The van der Waals surface area contributed by atoms with Gasteiger partial charge in [-0.2, -0.15) is 4.31 Å². The lowest BCUT2D eigenvalue weighted by atomic mass is 10.2. The molecule has 0 unspecified atom stereocenters. The van der Waals surface area contributed by atoms with Gasteiger partial charge in [-0.3, -0.25) is 0 Å². The zero-order valence-electron chi connectivity index (χ0n) is 19.2. The fourth-order valence-corrected chi connectivity index (χ4v) is 5.84. The van der Waals surface area contributed by atoms with E-state index in [4.69, 9.17) is 4.74 Å². The number of aryl methyl sites for hydroxylation is 1. The summed E-state index contributed by atoms with van der Waals surface area (Å²) < 4.78 is 36.6. The Balaban J connectivity index is 1.37. The van der Waals surface area contributed by atoms with Crippen molar-refractivity contribution < 1.29 is 17.9 Å². The van der Waals surface area contributed by atoms with Crippen LogP contribution in [0.25, 0.3) is 16.7 Å². The minimum Gasteiger partial charge on any atom is -0.454 e. The molecular formula is C23H25N7O4S. The number of hydrogen-bond donors (Lipinski definition) is 0. The van der Waals surface area contributed by atoms with Crippen molar-refractivity contribution in [2.24, 2.45) is 0 Å². The van der Waals surface area contributed by atoms with E-state index < -0.39 is 16.0 Å². The molecule has 1 aliphatic heterocycles. The van der Waals surface area contributed by atoms with E-state index in [2.05, 4.69) is 20.5 Å². The van der Waals surface area contributed by atoms with Gasteiger partial charge in [0.1, 0.15) is 18.8 Å². The molecule has 2 aromatic heterocycles. The third kappa shape index (κ3) is 4.54. The Morgan fingerprint density at radius 1 is 1.09 bits per heavy atom. The van der Waals surface area contributed by atoms with E-state index in [9.17, 15) is 13.2 Å². The van der Waals surface area contributed by atoms with Gasteiger partial charge in [0.15, 0.2) is 0 Å². The average molecular weight is 496 g/mol. The molecule has 2 aromatic carbocycles. The van der Waals surface area contributed by atoms with Gasteiger partial charge in [0.25, 0.3) is 0 Å². The second kappa shape index (κ2) is 9.55. The molecule has 3 heterocycles. The molecule has 0 radical (unpaired) electrons. The summed E-state index contributed by atoms with van der Waals surface area (Å²) in [6.45, 7) is 3.58. The SMILES string of the molecule is CCn1c(COC(=O)c2cccc(-n3cnnn3)c2)nc2cc(S(=O)(=O)N3CCCCC3)ccc21. The zero-order chi connectivity index (χ0) is 24.4. The number of aromatic nitrogens is 6. The number of imidazole rings is 1. The number of piperidine rings is 1. The number of carbonyl (C=O) groups is 1. The first-order valence-corrected chi connectivity index (χ1v) is 12.9. The molecule has 1 saturated heterocycles. The maximum atomic E-state index is 13.1. The predicted octanol–water partition coefficient (Wildman–Crippen LogP) is 2.56. The van der Waals surface area contributed by atoms with Gasteiger partial charge in [0.2, 0.25) is 10.0 Å². The van der Waals surface area contributed by atoms with Gasteiger partial charge in [-0.05, 0) is 66.6 Å². The normalized spacial score (nSPS) is 14.9. The van der Waals surface area contributed by atoms with E-state index in [0.717, 1.165) is 24.8 Å². The highest BCUT2D eigenvalue weighted by Crippen LogP contribution is 2.25. The van der Waals surface area contributed by atoms with Gasteiger partial charge in [-0.15, -0.1) is 5.10 Å². The highest BCUT2D eigenvalue weighted by molar-refractivity contribution is 7.89. The van der Waals surface area contributed by atoms with Gasteiger partial charge in [-0.25, -0.2) is 22.9 Å². The van der Waals surface area contributed by atoms with Crippen molar-refractivity contribution in [3.8, 4) is 5.69 Å². The van der Waals surface area contributed by atoms with E-state index in [1.807, 2.05) is 11.5 Å². The van der Waals surface area contributed by atoms with Crippen molar-refractivity contribution in [1.29, 1.82) is 0 Å². The number of esters is 1. The smallest absolute Gasteiger partial charge is 0.338 e.